The third-order valence-corrected chi connectivity index (χ3v) is 15.4. The highest BCUT2D eigenvalue weighted by molar-refractivity contribution is 6.99. The monoisotopic (exact) mass is 768 g/mol. The fourth-order valence-electron chi connectivity index (χ4n) is 7.43. The van der Waals surface area contributed by atoms with Gasteiger partial charge in [0.1, 0.15) is 24.4 Å². The van der Waals surface area contributed by atoms with Gasteiger partial charge < -0.3 is 33.2 Å². The Hall–Kier alpha value is -3.67. The number of carbonyl (C=O) groups excluding carboxylic acids is 1. The first kappa shape index (κ1) is 42.5. The molecule has 1 N–H and O–H groups in total. The van der Waals surface area contributed by atoms with E-state index >= 15 is 0 Å². The van der Waals surface area contributed by atoms with Crippen LogP contribution in [-0.2, 0) is 46.1 Å². The Labute approximate surface area is 329 Å². The predicted octanol–water partition coefficient (Wildman–Crippen LogP) is 7.74. The molecule has 5 rings (SSSR count). The summed E-state index contributed by atoms with van der Waals surface area (Å²) in [4.78, 5) is 11.4. The Morgan fingerprint density at radius 3 is 1.64 bits per heavy atom. The molecule has 0 spiro atoms. The predicted molar refractivity (Wildman–Crippen MR) is 219 cm³/mol. The van der Waals surface area contributed by atoms with Gasteiger partial charge in [0.05, 0.1) is 26.9 Å². The van der Waals surface area contributed by atoms with Crippen molar-refractivity contribution in [2.75, 3.05) is 20.3 Å². The van der Waals surface area contributed by atoms with E-state index in [4.69, 9.17) is 28.1 Å². The smallest absolute Gasteiger partial charge is 0.305 e. The van der Waals surface area contributed by atoms with Gasteiger partial charge in [-0.25, -0.2) is 0 Å². The fourth-order valence-corrected chi connectivity index (χ4v) is 12.0. The van der Waals surface area contributed by atoms with Crippen molar-refractivity contribution in [1.82, 2.24) is 0 Å². The molecule has 1 heterocycles. The molecule has 0 radical (unpaired) electrons. The Bertz CT molecular complexity index is 1610. The van der Waals surface area contributed by atoms with Gasteiger partial charge in [-0.05, 0) is 39.4 Å². The molecule has 0 amide bonds. The summed E-state index contributed by atoms with van der Waals surface area (Å²) >= 11 is 0. The van der Waals surface area contributed by atoms with Crippen LogP contribution >= 0.6 is 0 Å². The molecule has 0 saturated carbocycles. The van der Waals surface area contributed by atoms with Crippen LogP contribution in [0.25, 0.3) is 0 Å². The minimum absolute atomic E-state index is 0.157. The normalized spacial score (nSPS) is 20.3. The second-order valence-electron chi connectivity index (χ2n) is 15.3. The lowest BCUT2D eigenvalue weighted by Crippen LogP contribution is -2.68. The van der Waals surface area contributed by atoms with Gasteiger partial charge in [-0.1, -0.05) is 168 Å². The first-order valence-electron chi connectivity index (χ1n) is 19.8. The molecule has 1 saturated heterocycles. The van der Waals surface area contributed by atoms with E-state index in [0.29, 0.717) is 13.0 Å². The summed E-state index contributed by atoms with van der Waals surface area (Å²) in [5, 5.41) is 14.3. The van der Waals surface area contributed by atoms with E-state index in [0.717, 1.165) is 60.0 Å². The zero-order valence-electron chi connectivity index (χ0n) is 33.0. The van der Waals surface area contributed by atoms with Crippen molar-refractivity contribution in [3.63, 3.8) is 0 Å². The number of aliphatic hydroxyl groups is 1. The molecule has 0 aromatic heterocycles. The number of aliphatic hydroxyl groups excluding tert-OH is 1. The maximum atomic E-state index is 12.2. The Morgan fingerprint density at radius 1 is 0.655 bits per heavy atom. The summed E-state index contributed by atoms with van der Waals surface area (Å²) < 4.78 is 38.5. The lowest BCUT2D eigenvalue weighted by molar-refractivity contribution is -0.318. The SMILES string of the molecule is COC(=O)CCCCCCCCO[C@H]1O[C@H](CO[Si](c2ccccc2)(c2ccccc2)C(C)(C)C)[C@@H](OCc2ccccc2)[C@H](O)[C@@H]1OCc1ccccc1. The molecule has 0 bridgehead atoms. The lowest BCUT2D eigenvalue weighted by atomic mass is 9.98. The quantitative estimate of drug-likeness (QED) is 0.0523. The van der Waals surface area contributed by atoms with Crippen LogP contribution in [-0.4, -0.2) is 70.4 Å². The van der Waals surface area contributed by atoms with E-state index in [2.05, 4.69) is 69.3 Å². The second-order valence-corrected chi connectivity index (χ2v) is 19.7. The Kier molecular flexibility index (Phi) is 16.7. The highest BCUT2D eigenvalue weighted by Crippen LogP contribution is 2.38. The van der Waals surface area contributed by atoms with E-state index in [1.807, 2.05) is 72.8 Å². The Balaban J connectivity index is 1.38. The molecule has 1 aliphatic rings. The van der Waals surface area contributed by atoms with Crippen LogP contribution in [0.4, 0.5) is 0 Å². The van der Waals surface area contributed by atoms with Crippen molar-refractivity contribution in [2.45, 2.75) is 115 Å². The molecule has 0 unspecified atom stereocenters. The largest absolute Gasteiger partial charge is 0.469 e. The van der Waals surface area contributed by atoms with Crippen LogP contribution in [0.3, 0.4) is 0 Å². The van der Waals surface area contributed by atoms with Gasteiger partial charge >= 0.3 is 5.97 Å². The minimum atomic E-state index is -2.94. The van der Waals surface area contributed by atoms with E-state index in [9.17, 15) is 9.90 Å². The number of carbonyl (C=O) groups is 1. The lowest BCUT2D eigenvalue weighted by Gasteiger charge is -2.47. The molecule has 5 atom stereocenters. The summed E-state index contributed by atoms with van der Waals surface area (Å²) in [7, 11) is -1.52. The van der Waals surface area contributed by atoms with Gasteiger partial charge in [0.15, 0.2) is 6.29 Å². The van der Waals surface area contributed by atoms with Crippen molar-refractivity contribution in [3.05, 3.63) is 132 Å². The van der Waals surface area contributed by atoms with E-state index in [1.165, 1.54) is 7.11 Å². The molecule has 4 aromatic carbocycles. The van der Waals surface area contributed by atoms with Gasteiger partial charge in [0.25, 0.3) is 8.32 Å². The topological polar surface area (TPSA) is 92.7 Å². The highest BCUT2D eigenvalue weighted by atomic mass is 28.4. The maximum Gasteiger partial charge on any atom is 0.305 e. The van der Waals surface area contributed by atoms with Gasteiger partial charge in [-0.2, -0.15) is 0 Å². The number of rotatable bonds is 21. The number of hydrogen-bond acceptors (Lipinski definition) is 8. The average molecular weight is 769 g/mol. The van der Waals surface area contributed by atoms with Crippen LogP contribution in [0.5, 0.6) is 0 Å². The molecule has 9 heteroatoms. The molecular formula is C46H60O8Si. The van der Waals surface area contributed by atoms with Crippen LogP contribution in [0, 0.1) is 0 Å². The first-order valence-corrected chi connectivity index (χ1v) is 21.7. The molecule has 8 nitrogen and oxygen atoms in total. The van der Waals surface area contributed by atoms with Crippen molar-refractivity contribution < 1.29 is 38.0 Å². The van der Waals surface area contributed by atoms with Crippen LogP contribution in [0.1, 0.15) is 76.8 Å². The highest BCUT2D eigenvalue weighted by Gasteiger charge is 2.53. The molecule has 1 aliphatic heterocycles. The third-order valence-electron chi connectivity index (χ3n) is 10.4. The molecule has 55 heavy (non-hydrogen) atoms. The van der Waals surface area contributed by atoms with E-state index in [1.54, 1.807) is 0 Å². The molecule has 0 aliphatic carbocycles. The van der Waals surface area contributed by atoms with Gasteiger partial charge in [0.2, 0.25) is 0 Å². The first-order chi connectivity index (χ1) is 26.7. The zero-order valence-corrected chi connectivity index (χ0v) is 34.0. The number of hydrogen-bond donors (Lipinski definition) is 1. The molecule has 4 aromatic rings. The molecule has 296 valence electrons. The van der Waals surface area contributed by atoms with Crippen LogP contribution in [0.2, 0.25) is 5.04 Å². The maximum absolute atomic E-state index is 12.2. The van der Waals surface area contributed by atoms with Crippen LogP contribution in [0.15, 0.2) is 121 Å². The Morgan fingerprint density at radius 2 is 1.13 bits per heavy atom. The van der Waals surface area contributed by atoms with Gasteiger partial charge in [-0.3, -0.25) is 4.79 Å². The number of esters is 1. The average Bonchev–Trinajstić information content (AvgIpc) is 3.20. The second kappa shape index (κ2) is 21.6. The summed E-state index contributed by atoms with van der Waals surface area (Å²) in [6.45, 7) is 7.94. The number of benzene rings is 4. The zero-order chi connectivity index (χ0) is 38.9. The minimum Gasteiger partial charge on any atom is -0.469 e. The standard InChI is InChI=1S/C46H60O8Si/c1-46(2,3)55(38-27-17-11-18-28-38,39-29-19-12-20-30-39)53-35-40-43(51-33-36-23-13-9-14-24-36)42(48)44(52-34-37-25-15-10-16-26-37)45(54-40)50-32-22-8-6-5-7-21-31-41(47)49-4/h9-20,23-30,40,42-45,48H,5-8,21-22,31-35H2,1-4H3/t40-,42+,43-,44+,45+/m1/s1. The number of methoxy groups -OCH3 is 1. The summed E-state index contributed by atoms with van der Waals surface area (Å²) in [6.07, 6.45) is 2.05. The van der Waals surface area contributed by atoms with Crippen molar-refractivity contribution in [1.29, 1.82) is 0 Å². The molecular weight excluding hydrogens is 709 g/mol. The number of unbranched alkanes of at least 4 members (excludes halogenated alkanes) is 5. The van der Waals surface area contributed by atoms with Crippen molar-refractivity contribution in [2.24, 2.45) is 0 Å². The summed E-state index contributed by atoms with van der Waals surface area (Å²) in [5.74, 6) is -0.157. The summed E-state index contributed by atoms with van der Waals surface area (Å²) in [6, 6.07) is 40.9. The fraction of sp³-hybridized carbons (Fsp3) is 0.457. The molecule has 1 fully saturated rings. The third kappa shape index (κ3) is 11.9. The van der Waals surface area contributed by atoms with Crippen molar-refractivity contribution >= 4 is 24.7 Å². The van der Waals surface area contributed by atoms with Crippen LogP contribution < -0.4 is 10.4 Å². The van der Waals surface area contributed by atoms with Gasteiger partial charge in [0, 0.05) is 13.0 Å². The summed E-state index contributed by atoms with van der Waals surface area (Å²) in [5.41, 5.74) is 1.98. The van der Waals surface area contributed by atoms with Crippen molar-refractivity contribution in [3.8, 4) is 0 Å². The number of ether oxygens (including phenoxy) is 5. The van der Waals surface area contributed by atoms with E-state index < -0.39 is 39.0 Å². The van der Waals surface area contributed by atoms with E-state index in [-0.39, 0.29) is 30.8 Å². The van der Waals surface area contributed by atoms with Gasteiger partial charge in [-0.15, -0.1) is 0 Å².